The van der Waals surface area contributed by atoms with Gasteiger partial charge in [-0.05, 0) is 50.6 Å². The second-order valence-corrected chi connectivity index (χ2v) is 6.13. The van der Waals surface area contributed by atoms with Crippen molar-refractivity contribution in [2.75, 3.05) is 19.6 Å². The number of nitrogens with two attached hydrogens (primary N) is 1. The van der Waals surface area contributed by atoms with Crippen molar-refractivity contribution in [1.82, 2.24) is 10.6 Å². The van der Waals surface area contributed by atoms with Gasteiger partial charge >= 0.3 is 0 Å². The minimum atomic E-state index is -0.245. The monoisotopic (exact) mass is 269 g/mol. The third-order valence-corrected chi connectivity index (χ3v) is 4.69. The summed E-state index contributed by atoms with van der Waals surface area (Å²) in [5.41, 5.74) is 5.95. The van der Waals surface area contributed by atoms with Gasteiger partial charge in [0.15, 0.2) is 0 Å². The lowest BCUT2D eigenvalue weighted by atomic mass is 9.85. The van der Waals surface area contributed by atoms with Crippen LogP contribution in [0.3, 0.4) is 0 Å². The third kappa shape index (κ3) is 5.49. The van der Waals surface area contributed by atoms with Crippen LogP contribution >= 0.6 is 0 Å². The Hall–Kier alpha value is -0.610. The quantitative estimate of drug-likeness (QED) is 0.658. The molecule has 0 aromatic carbocycles. The van der Waals surface area contributed by atoms with E-state index >= 15 is 0 Å². The van der Waals surface area contributed by atoms with Crippen LogP contribution in [0.1, 0.15) is 52.9 Å². The lowest BCUT2D eigenvalue weighted by Gasteiger charge is -2.29. The molecular formula is C15H31N3O. The predicted octanol–water partition coefficient (Wildman–Crippen LogP) is 1.65. The lowest BCUT2D eigenvalue weighted by molar-refractivity contribution is -0.122. The Bertz CT molecular complexity index is 271. The zero-order chi connectivity index (χ0) is 14.3. The van der Waals surface area contributed by atoms with Crippen LogP contribution in [0.4, 0.5) is 0 Å². The van der Waals surface area contributed by atoms with Gasteiger partial charge in [0.1, 0.15) is 0 Å². The first-order valence-corrected chi connectivity index (χ1v) is 7.77. The topological polar surface area (TPSA) is 67.1 Å². The molecule has 0 aromatic rings. The summed E-state index contributed by atoms with van der Waals surface area (Å²) < 4.78 is 0. The van der Waals surface area contributed by atoms with Crippen molar-refractivity contribution < 1.29 is 4.79 Å². The molecule has 4 nitrogen and oxygen atoms in total. The Labute approximate surface area is 117 Å². The maximum absolute atomic E-state index is 12.0. The van der Waals surface area contributed by atoms with Gasteiger partial charge in [0.05, 0.1) is 0 Å². The normalized spacial score (nSPS) is 22.0. The van der Waals surface area contributed by atoms with Crippen LogP contribution in [0.25, 0.3) is 0 Å². The van der Waals surface area contributed by atoms with Gasteiger partial charge in [0.2, 0.25) is 5.91 Å². The average Bonchev–Trinajstić information content (AvgIpc) is 2.45. The number of rotatable bonds is 7. The molecule has 0 saturated carbocycles. The number of carbonyl (C=O) groups is 1. The highest BCUT2D eigenvalue weighted by Crippen LogP contribution is 2.22. The SMILES string of the molecule is CCC(N)(CC)CNC(=O)CC(C)C1CCCNC1. The van der Waals surface area contributed by atoms with E-state index in [0.29, 0.717) is 24.8 Å². The second-order valence-electron chi connectivity index (χ2n) is 6.13. The van der Waals surface area contributed by atoms with Crippen LogP contribution < -0.4 is 16.4 Å². The fourth-order valence-corrected chi connectivity index (χ4v) is 2.67. The molecule has 0 spiro atoms. The van der Waals surface area contributed by atoms with Gasteiger partial charge in [0.25, 0.3) is 0 Å². The van der Waals surface area contributed by atoms with E-state index < -0.39 is 0 Å². The molecule has 1 amide bonds. The molecule has 1 heterocycles. The van der Waals surface area contributed by atoms with Crippen molar-refractivity contribution in [3.63, 3.8) is 0 Å². The van der Waals surface area contributed by atoms with Gasteiger partial charge in [0, 0.05) is 18.5 Å². The zero-order valence-electron chi connectivity index (χ0n) is 12.8. The summed E-state index contributed by atoms with van der Waals surface area (Å²) in [6.07, 6.45) is 4.88. The Morgan fingerprint density at radius 1 is 1.47 bits per heavy atom. The smallest absolute Gasteiger partial charge is 0.220 e. The molecule has 0 aliphatic carbocycles. The van der Waals surface area contributed by atoms with Gasteiger partial charge in [-0.1, -0.05) is 20.8 Å². The van der Waals surface area contributed by atoms with E-state index in [1.165, 1.54) is 12.8 Å². The summed E-state index contributed by atoms with van der Waals surface area (Å²) in [4.78, 5) is 12.0. The van der Waals surface area contributed by atoms with E-state index in [9.17, 15) is 4.79 Å². The van der Waals surface area contributed by atoms with E-state index in [-0.39, 0.29) is 11.4 Å². The lowest BCUT2D eigenvalue weighted by Crippen LogP contribution is -2.49. The summed E-state index contributed by atoms with van der Waals surface area (Å²) in [6, 6.07) is 0. The molecule has 2 atom stereocenters. The summed E-state index contributed by atoms with van der Waals surface area (Å²) in [7, 11) is 0. The Morgan fingerprint density at radius 3 is 2.68 bits per heavy atom. The van der Waals surface area contributed by atoms with Gasteiger partial charge in [-0.3, -0.25) is 4.79 Å². The molecule has 0 aromatic heterocycles. The Morgan fingerprint density at radius 2 is 2.16 bits per heavy atom. The minimum absolute atomic E-state index is 0.148. The van der Waals surface area contributed by atoms with Crippen molar-refractivity contribution in [2.24, 2.45) is 17.6 Å². The van der Waals surface area contributed by atoms with E-state index in [1.807, 2.05) is 0 Å². The molecule has 19 heavy (non-hydrogen) atoms. The molecule has 1 saturated heterocycles. The van der Waals surface area contributed by atoms with Crippen LogP contribution in [0.2, 0.25) is 0 Å². The molecular weight excluding hydrogens is 238 g/mol. The molecule has 1 fully saturated rings. The number of hydrogen-bond acceptors (Lipinski definition) is 3. The summed E-state index contributed by atoms with van der Waals surface area (Å²) >= 11 is 0. The average molecular weight is 269 g/mol. The van der Waals surface area contributed by atoms with Gasteiger partial charge in [-0.2, -0.15) is 0 Å². The van der Waals surface area contributed by atoms with Gasteiger partial charge in [-0.15, -0.1) is 0 Å². The Balaban J connectivity index is 2.30. The first-order valence-electron chi connectivity index (χ1n) is 7.77. The van der Waals surface area contributed by atoms with E-state index in [1.54, 1.807) is 0 Å². The van der Waals surface area contributed by atoms with Crippen molar-refractivity contribution in [3.05, 3.63) is 0 Å². The number of amides is 1. The van der Waals surface area contributed by atoms with E-state index in [4.69, 9.17) is 5.73 Å². The highest BCUT2D eigenvalue weighted by atomic mass is 16.1. The molecule has 112 valence electrons. The van der Waals surface area contributed by atoms with E-state index in [0.717, 1.165) is 25.9 Å². The van der Waals surface area contributed by atoms with Gasteiger partial charge < -0.3 is 16.4 Å². The molecule has 1 aliphatic rings. The molecule has 4 heteroatoms. The fraction of sp³-hybridized carbons (Fsp3) is 0.933. The molecule has 0 radical (unpaired) electrons. The number of carbonyl (C=O) groups excluding carboxylic acids is 1. The number of piperidine rings is 1. The zero-order valence-corrected chi connectivity index (χ0v) is 12.8. The van der Waals surface area contributed by atoms with Crippen LogP contribution in [0.15, 0.2) is 0 Å². The first-order chi connectivity index (χ1) is 9.00. The van der Waals surface area contributed by atoms with E-state index in [2.05, 4.69) is 31.4 Å². The minimum Gasteiger partial charge on any atom is -0.354 e. The van der Waals surface area contributed by atoms with Crippen molar-refractivity contribution >= 4 is 5.91 Å². The molecule has 2 unspecified atom stereocenters. The molecule has 1 rings (SSSR count). The highest BCUT2D eigenvalue weighted by molar-refractivity contribution is 5.76. The number of hydrogen-bond donors (Lipinski definition) is 3. The van der Waals surface area contributed by atoms with Crippen LogP contribution in [0, 0.1) is 11.8 Å². The molecule has 0 bridgehead atoms. The predicted molar refractivity (Wildman–Crippen MR) is 79.9 cm³/mol. The van der Waals surface area contributed by atoms with Crippen LogP contribution in [0.5, 0.6) is 0 Å². The highest BCUT2D eigenvalue weighted by Gasteiger charge is 2.24. The van der Waals surface area contributed by atoms with Crippen molar-refractivity contribution in [3.8, 4) is 0 Å². The maximum atomic E-state index is 12.0. The van der Waals surface area contributed by atoms with Crippen molar-refractivity contribution in [2.45, 2.75) is 58.4 Å². The third-order valence-electron chi connectivity index (χ3n) is 4.69. The summed E-state index contributed by atoms with van der Waals surface area (Å²) in [5.74, 6) is 1.23. The molecule has 4 N–H and O–H groups in total. The second kappa shape index (κ2) is 7.85. The van der Waals surface area contributed by atoms with Crippen LogP contribution in [-0.4, -0.2) is 31.1 Å². The largest absolute Gasteiger partial charge is 0.354 e. The summed E-state index contributed by atoms with van der Waals surface area (Å²) in [6.45, 7) is 9.11. The standard InChI is InChI=1S/C15H31N3O/c1-4-15(16,5-2)11-18-14(19)9-12(3)13-7-6-8-17-10-13/h12-13,17H,4-11,16H2,1-3H3,(H,18,19). The molecule has 1 aliphatic heterocycles. The maximum Gasteiger partial charge on any atom is 0.220 e. The number of nitrogens with one attached hydrogen (secondary N) is 2. The first kappa shape index (κ1) is 16.4. The van der Waals surface area contributed by atoms with Crippen molar-refractivity contribution in [1.29, 1.82) is 0 Å². The van der Waals surface area contributed by atoms with Crippen LogP contribution in [-0.2, 0) is 4.79 Å². The summed E-state index contributed by atoms with van der Waals surface area (Å²) in [5, 5.41) is 6.42. The van der Waals surface area contributed by atoms with Gasteiger partial charge in [-0.25, -0.2) is 0 Å². The fourth-order valence-electron chi connectivity index (χ4n) is 2.67. The Kier molecular flexibility index (Phi) is 6.80.